The number of rotatable bonds is 12. The van der Waals surface area contributed by atoms with E-state index in [4.69, 9.17) is 0 Å². The highest BCUT2D eigenvalue weighted by atomic mass is 16.1. The Morgan fingerprint density at radius 3 is 1.82 bits per heavy atom. The van der Waals surface area contributed by atoms with Crippen LogP contribution >= 0.6 is 0 Å². The Kier molecular flexibility index (Phi) is 9.61. The van der Waals surface area contributed by atoms with Gasteiger partial charge in [0.2, 0.25) is 0 Å². The van der Waals surface area contributed by atoms with Gasteiger partial charge in [0.05, 0.1) is 0 Å². The van der Waals surface area contributed by atoms with Crippen LogP contribution in [0.3, 0.4) is 0 Å². The molecule has 0 bridgehead atoms. The van der Waals surface area contributed by atoms with Gasteiger partial charge in [0.15, 0.2) is 5.78 Å². The van der Waals surface area contributed by atoms with Crippen molar-refractivity contribution in [1.29, 1.82) is 0 Å². The lowest BCUT2D eigenvalue weighted by molar-refractivity contribution is 0.0979. The molecule has 22 heavy (non-hydrogen) atoms. The molecular weight excluding hydrogens is 270 g/mol. The van der Waals surface area contributed by atoms with Gasteiger partial charge in [-0.1, -0.05) is 58.3 Å². The van der Waals surface area contributed by atoms with Gasteiger partial charge in [-0.15, -0.1) is 0 Å². The molecule has 1 rings (SSSR count). The summed E-state index contributed by atoms with van der Waals surface area (Å²) in [6.07, 6.45) is 12.3. The zero-order valence-corrected chi connectivity index (χ0v) is 14.7. The third kappa shape index (κ3) is 7.63. The van der Waals surface area contributed by atoms with Crippen LogP contribution in [0.4, 0.5) is 5.69 Å². The molecule has 0 saturated heterocycles. The molecule has 0 saturated carbocycles. The van der Waals surface area contributed by atoms with Crippen LogP contribution < -0.4 is 4.90 Å². The highest BCUT2D eigenvalue weighted by Gasteiger charge is 2.05. The van der Waals surface area contributed by atoms with E-state index in [1.165, 1.54) is 51.4 Å². The van der Waals surface area contributed by atoms with Gasteiger partial charge in [-0.25, -0.2) is 0 Å². The van der Waals surface area contributed by atoms with Gasteiger partial charge in [-0.3, -0.25) is 4.79 Å². The molecule has 1 aromatic rings. The van der Waals surface area contributed by atoms with Crippen molar-refractivity contribution in [3.63, 3.8) is 0 Å². The Labute approximate surface area is 136 Å². The molecule has 124 valence electrons. The maximum Gasteiger partial charge on any atom is 0.162 e. The first-order chi connectivity index (χ1) is 10.6. The predicted octanol–water partition coefficient (Wildman–Crippen LogP) is 5.86. The van der Waals surface area contributed by atoms with Crippen LogP contribution in [-0.4, -0.2) is 19.9 Å². The first kappa shape index (κ1) is 18.7. The average molecular weight is 303 g/mol. The molecule has 2 heteroatoms. The maximum absolute atomic E-state index is 12.1. The summed E-state index contributed by atoms with van der Waals surface area (Å²) in [6, 6.07) is 7.93. The fourth-order valence-corrected chi connectivity index (χ4v) is 2.69. The molecule has 0 radical (unpaired) electrons. The fraction of sp³-hybridized carbons (Fsp3) is 0.650. The number of benzene rings is 1. The topological polar surface area (TPSA) is 20.3 Å². The second kappa shape index (κ2) is 11.3. The minimum atomic E-state index is 0.285. The quantitative estimate of drug-likeness (QED) is 0.356. The summed E-state index contributed by atoms with van der Waals surface area (Å²) >= 11 is 0. The predicted molar refractivity (Wildman–Crippen MR) is 96.9 cm³/mol. The zero-order chi connectivity index (χ0) is 16.2. The van der Waals surface area contributed by atoms with Gasteiger partial charge < -0.3 is 4.90 Å². The number of ketones is 1. The van der Waals surface area contributed by atoms with Gasteiger partial charge in [-0.05, 0) is 30.7 Å². The van der Waals surface area contributed by atoms with Gasteiger partial charge >= 0.3 is 0 Å². The van der Waals surface area contributed by atoms with E-state index < -0.39 is 0 Å². The molecule has 2 nitrogen and oxygen atoms in total. The van der Waals surface area contributed by atoms with Crippen LogP contribution in [0.1, 0.15) is 81.5 Å². The average Bonchev–Trinajstić information content (AvgIpc) is 2.53. The van der Waals surface area contributed by atoms with E-state index in [1.807, 2.05) is 38.4 Å². The standard InChI is InChI=1S/C20H33NO/c1-4-5-6-7-8-9-10-11-12-13-20(22)18-14-16-19(17-15-18)21(2)3/h14-17H,4-13H2,1-3H3. The lowest BCUT2D eigenvalue weighted by atomic mass is 10.0. The Morgan fingerprint density at radius 2 is 1.32 bits per heavy atom. The monoisotopic (exact) mass is 303 g/mol. The number of unbranched alkanes of at least 4 members (excludes halogenated alkanes) is 8. The number of Topliss-reactive ketones (excluding diaryl/α,β-unsaturated/α-hetero) is 1. The summed E-state index contributed by atoms with van der Waals surface area (Å²) in [6.45, 7) is 2.26. The van der Waals surface area contributed by atoms with Crippen LogP contribution in [-0.2, 0) is 0 Å². The van der Waals surface area contributed by atoms with Crippen LogP contribution in [0.25, 0.3) is 0 Å². The van der Waals surface area contributed by atoms with E-state index in [2.05, 4.69) is 11.8 Å². The van der Waals surface area contributed by atoms with E-state index in [1.54, 1.807) is 0 Å². The van der Waals surface area contributed by atoms with Crippen molar-refractivity contribution in [3.05, 3.63) is 29.8 Å². The molecule has 0 spiro atoms. The van der Waals surface area contributed by atoms with E-state index in [-0.39, 0.29) is 5.78 Å². The zero-order valence-electron chi connectivity index (χ0n) is 14.7. The lowest BCUT2D eigenvalue weighted by Gasteiger charge is -2.12. The Balaban J connectivity index is 2.10. The number of anilines is 1. The highest BCUT2D eigenvalue weighted by molar-refractivity contribution is 5.96. The molecular formula is C20H33NO. The SMILES string of the molecule is CCCCCCCCCCCC(=O)c1ccc(N(C)C)cc1. The Morgan fingerprint density at radius 1 is 0.818 bits per heavy atom. The molecule has 0 N–H and O–H groups in total. The van der Waals surface area contributed by atoms with Crippen molar-refractivity contribution in [1.82, 2.24) is 0 Å². The number of carbonyl (C=O) groups excluding carboxylic acids is 1. The summed E-state index contributed by atoms with van der Waals surface area (Å²) in [5, 5.41) is 0. The second-order valence-electron chi connectivity index (χ2n) is 6.44. The summed E-state index contributed by atoms with van der Waals surface area (Å²) < 4.78 is 0. The first-order valence-electron chi connectivity index (χ1n) is 8.95. The van der Waals surface area contributed by atoms with Crippen LogP contribution in [0.15, 0.2) is 24.3 Å². The Hall–Kier alpha value is -1.31. The Bertz CT molecular complexity index is 408. The van der Waals surface area contributed by atoms with Crippen molar-refractivity contribution >= 4 is 11.5 Å². The fourth-order valence-electron chi connectivity index (χ4n) is 2.69. The summed E-state index contributed by atoms with van der Waals surface area (Å²) in [5.41, 5.74) is 1.99. The normalized spacial score (nSPS) is 10.7. The molecule has 0 aliphatic heterocycles. The first-order valence-corrected chi connectivity index (χ1v) is 8.95. The third-order valence-electron chi connectivity index (χ3n) is 4.21. The molecule has 0 amide bonds. The molecule has 0 unspecified atom stereocenters. The van der Waals surface area contributed by atoms with Crippen LogP contribution in [0.2, 0.25) is 0 Å². The number of hydrogen-bond acceptors (Lipinski definition) is 2. The lowest BCUT2D eigenvalue weighted by Crippen LogP contribution is -2.08. The molecule has 0 aromatic heterocycles. The van der Waals surface area contributed by atoms with E-state index in [0.717, 1.165) is 17.7 Å². The van der Waals surface area contributed by atoms with Crippen molar-refractivity contribution in [2.24, 2.45) is 0 Å². The van der Waals surface area contributed by atoms with Crippen molar-refractivity contribution in [3.8, 4) is 0 Å². The molecule has 0 atom stereocenters. The van der Waals surface area contributed by atoms with Crippen molar-refractivity contribution in [2.75, 3.05) is 19.0 Å². The van der Waals surface area contributed by atoms with E-state index in [0.29, 0.717) is 6.42 Å². The third-order valence-corrected chi connectivity index (χ3v) is 4.21. The smallest absolute Gasteiger partial charge is 0.162 e. The number of carbonyl (C=O) groups is 1. The van der Waals surface area contributed by atoms with Gasteiger partial charge in [0, 0.05) is 31.8 Å². The minimum Gasteiger partial charge on any atom is -0.378 e. The molecule has 0 aliphatic rings. The van der Waals surface area contributed by atoms with E-state index >= 15 is 0 Å². The molecule has 1 aromatic carbocycles. The molecule has 0 aliphatic carbocycles. The van der Waals surface area contributed by atoms with Crippen molar-refractivity contribution < 1.29 is 4.79 Å². The highest BCUT2D eigenvalue weighted by Crippen LogP contribution is 2.15. The van der Waals surface area contributed by atoms with Crippen molar-refractivity contribution in [2.45, 2.75) is 71.1 Å². The van der Waals surface area contributed by atoms with E-state index in [9.17, 15) is 4.79 Å². The van der Waals surface area contributed by atoms with Gasteiger partial charge in [0.25, 0.3) is 0 Å². The summed E-state index contributed by atoms with van der Waals surface area (Å²) in [7, 11) is 4.03. The minimum absolute atomic E-state index is 0.285. The second-order valence-corrected chi connectivity index (χ2v) is 6.44. The number of hydrogen-bond donors (Lipinski definition) is 0. The summed E-state index contributed by atoms with van der Waals surface area (Å²) in [5.74, 6) is 0.285. The summed E-state index contributed by atoms with van der Waals surface area (Å²) in [4.78, 5) is 14.2. The molecule has 0 heterocycles. The van der Waals surface area contributed by atoms with Crippen LogP contribution in [0.5, 0.6) is 0 Å². The van der Waals surface area contributed by atoms with Crippen LogP contribution in [0, 0.1) is 0 Å². The maximum atomic E-state index is 12.1. The van der Waals surface area contributed by atoms with Gasteiger partial charge in [-0.2, -0.15) is 0 Å². The largest absolute Gasteiger partial charge is 0.378 e. The van der Waals surface area contributed by atoms with Gasteiger partial charge in [0.1, 0.15) is 0 Å². The number of nitrogens with zero attached hydrogens (tertiary/aromatic N) is 1. The molecule has 0 fully saturated rings.